The summed E-state index contributed by atoms with van der Waals surface area (Å²) < 4.78 is 11.9. The highest BCUT2D eigenvalue weighted by molar-refractivity contribution is 9.10. The molecule has 4 nitrogen and oxygen atoms in total. The van der Waals surface area contributed by atoms with Crippen molar-refractivity contribution in [2.24, 2.45) is 5.73 Å². The van der Waals surface area contributed by atoms with Crippen LogP contribution in [0.3, 0.4) is 0 Å². The molecule has 0 amide bonds. The molecule has 0 spiro atoms. The summed E-state index contributed by atoms with van der Waals surface area (Å²) >= 11 is 3.54. The van der Waals surface area contributed by atoms with Crippen LogP contribution in [0.4, 0.5) is 0 Å². The van der Waals surface area contributed by atoms with E-state index >= 15 is 0 Å². The Balaban J connectivity index is 2.55. The van der Waals surface area contributed by atoms with Gasteiger partial charge >= 0.3 is 0 Å². The first kappa shape index (κ1) is 12.7. The normalized spacial score (nSPS) is 19.7. The molecular weight excluding hydrogens is 286 g/mol. The van der Waals surface area contributed by atoms with Crippen LogP contribution in [0.25, 0.3) is 0 Å². The Morgan fingerprint density at radius 2 is 2.41 bits per heavy atom. The maximum atomic E-state index is 9.16. The summed E-state index contributed by atoms with van der Waals surface area (Å²) in [5.41, 5.74) is 7.78. The van der Waals surface area contributed by atoms with Crippen LogP contribution >= 0.6 is 15.9 Å². The predicted molar refractivity (Wildman–Crippen MR) is 68.5 cm³/mol. The van der Waals surface area contributed by atoms with Crippen LogP contribution < -0.4 is 15.2 Å². The van der Waals surface area contributed by atoms with Crippen molar-refractivity contribution in [1.29, 1.82) is 0 Å². The minimum absolute atomic E-state index is 0.100. The zero-order valence-electron chi connectivity index (χ0n) is 9.87. The molecule has 1 aliphatic rings. The Hall–Kier alpha value is -0.780. The van der Waals surface area contributed by atoms with Gasteiger partial charge in [-0.3, -0.25) is 0 Å². The molecule has 5 heteroatoms. The van der Waals surface area contributed by atoms with Gasteiger partial charge in [0.25, 0.3) is 0 Å². The Morgan fingerprint density at radius 1 is 1.71 bits per heavy atom. The lowest BCUT2D eigenvalue weighted by molar-refractivity contribution is 0.243. The summed E-state index contributed by atoms with van der Waals surface area (Å²) in [5.74, 6) is 1.45. The van der Waals surface area contributed by atoms with Gasteiger partial charge in [0.15, 0.2) is 11.5 Å². The SMILES string of the molecule is COc1cc(C(N)CO)c(Br)c2c1OC(C)C2. The van der Waals surface area contributed by atoms with E-state index in [2.05, 4.69) is 15.9 Å². The molecule has 0 aromatic heterocycles. The number of nitrogens with two attached hydrogens (primary N) is 1. The van der Waals surface area contributed by atoms with Gasteiger partial charge in [0.1, 0.15) is 6.10 Å². The molecule has 2 atom stereocenters. The number of halogens is 1. The first-order valence-corrected chi connectivity index (χ1v) is 6.30. The third kappa shape index (κ3) is 2.14. The lowest BCUT2D eigenvalue weighted by atomic mass is 10.0. The van der Waals surface area contributed by atoms with Gasteiger partial charge in [0.2, 0.25) is 0 Å². The molecule has 2 unspecified atom stereocenters. The molecule has 0 saturated carbocycles. The highest BCUT2D eigenvalue weighted by atomic mass is 79.9. The van der Waals surface area contributed by atoms with E-state index < -0.39 is 6.04 Å². The lowest BCUT2D eigenvalue weighted by Gasteiger charge is -2.16. The van der Waals surface area contributed by atoms with Crippen LogP contribution in [-0.4, -0.2) is 24.9 Å². The number of benzene rings is 1. The average Bonchev–Trinajstić information content (AvgIpc) is 2.71. The van der Waals surface area contributed by atoms with Crippen molar-refractivity contribution in [3.8, 4) is 11.5 Å². The number of rotatable bonds is 3. The molecule has 1 aliphatic heterocycles. The number of methoxy groups -OCH3 is 1. The van der Waals surface area contributed by atoms with Gasteiger partial charge in [-0.2, -0.15) is 0 Å². The summed E-state index contributed by atoms with van der Waals surface area (Å²) in [7, 11) is 1.60. The molecule has 17 heavy (non-hydrogen) atoms. The number of fused-ring (bicyclic) bond motifs is 1. The van der Waals surface area contributed by atoms with Crippen molar-refractivity contribution in [3.05, 3.63) is 21.7 Å². The van der Waals surface area contributed by atoms with Crippen molar-refractivity contribution in [1.82, 2.24) is 0 Å². The minimum atomic E-state index is -0.417. The molecule has 2 rings (SSSR count). The number of aliphatic hydroxyl groups is 1. The zero-order chi connectivity index (χ0) is 12.6. The maximum absolute atomic E-state index is 9.16. The largest absolute Gasteiger partial charge is 0.493 e. The summed E-state index contributed by atoms with van der Waals surface area (Å²) in [4.78, 5) is 0. The van der Waals surface area contributed by atoms with Gasteiger partial charge in [0, 0.05) is 16.5 Å². The molecule has 1 aromatic carbocycles. The molecule has 0 radical (unpaired) electrons. The fraction of sp³-hybridized carbons (Fsp3) is 0.500. The smallest absolute Gasteiger partial charge is 0.166 e. The van der Waals surface area contributed by atoms with Crippen LogP contribution in [0.5, 0.6) is 11.5 Å². The molecule has 0 saturated heterocycles. The van der Waals surface area contributed by atoms with Crippen molar-refractivity contribution in [3.63, 3.8) is 0 Å². The molecule has 0 aliphatic carbocycles. The van der Waals surface area contributed by atoms with Crippen LogP contribution in [0, 0.1) is 0 Å². The van der Waals surface area contributed by atoms with E-state index in [9.17, 15) is 0 Å². The number of ether oxygens (including phenoxy) is 2. The molecular formula is C12H16BrNO3. The molecule has 1 aromatic rings. The number of hydrogen-bond donors (Lipinski definition) is 2. The second kappa shape index (κ2) is 4.84. The zero-order valence-corrected chi connectivity index (χ0v) is 11.5. The first-order valence-electron chi connectivity index (χ1n) is 5.50. The topological polar surface area (TPSA) is 64.7 Å². The Kier molecular flexibility index (Phi) is 3.61. The fourth-order valence-corrected chi connectivity index (χ4v) is 2.80. The fourth-order valence-electron chi connectivity index (χ4n) is 2.05. The average molecular weight is 302 g/mol. The van der Waals surface area contributed by atoms with Crippen LogP contribution in [-0.2, 0) is 6.42 Å². The predicted octanol–water partition coefficient (Wildman–Crippen LogP) is 1.77. The van der Waals surface area contributed by atoms with E-state index in [1.54, 1.807) is 7.11 Å². The highest BCUT2D eigenvalue weighted by Gasteiger charge is 2.28. The third-order valence-corrected chi connectivity index (χ3v) is 3.87. The van der Waals surface area contributed by atoms with E-state index in [0.717, 1.165) is 27.8 Å². The first-order chi connectivity index (χ1) is 8.08. The van der Waals surface area contributed by atoms with Crippen molar-refractivity contribution in [2.75, 3.05) is 13.7 Å². The number of aliphatic hydroxyl groups excluding tert-OH is 1. The van der Waals surface area contributed by atoms with E-state index in [1.165, 1.54) is 0 Å². The van der Waals surface area contributed by atoms with Crippen molar-refractivity contribution >= 4 is 15.9 Å². The van der Waals surface area contributed by atoms with E-state index in [0.29, 0.717) is 5.75 Å². The van der Waals surface area contributed by atoms with Gasteiger partial charge < -0.3 is 20.3 Å². The maximum Gasteiger partial charge on any atom is 0.166 e. The Labute approximate surface area is 109 Å². The molecule has 1 heterocycles. The number of hydrogen-bond acceptors (Lipinski definition) is 4. The van der Waals surface area contributed by atoms with Crippen molar-refractivity contribution < 1.29 is 14.6 Å². The van der Waals surface area contributed by atoms with Gasteiger partial charge in [-0.1, -0.05) is 15.9 Å². The molecule has 94 valence electrons. The standard InChI is InChI=1S/C12H16BrNO3/c1-6-3-8-11(13)7(9(14)5-15)4-10(16-2)12(8)17-6/h4,6,9,15H,3,5,14H2,1-2H3. The van der Waals surface area contributed by atoms with Crippen LogP contribution in [0.2, 0.25) is 0 Å². The second-order valence-electron chi connectivity index (χ2n) is 4.21. The third-order valence-electron chi connectivity index (χ3n) is 2.93. The summed E-state index contributed by atoms with van der Waals surface area (Å²) in [5, 5.41) is 9.16. The second-order valence-corrected chi connectivity index (χ2v) is 5.00. The van der Waals surface area contributed by atoms with Gasteiger partial charge in [-0.25, -0.2) is 0 Å². The lowest BCUT2D eigenvalue weighted by Crippen LogP contribution is -2.15. The van der Waals surface area contributed by atoms with Crippen molar-refractivity contribution in [2.45, 2.75) is 25.5 Å². The molecule has 0 bridgehead atoms. The van der Waals surface area contributed by atoms with Gasteiger partial charge in [-0.05, 0) is 18.6 Å². The quantitative estimate of drug-likeness (QED) is 0.893. The Bertz CT molecular complexity index is 436. The monoisotopic (exact) mass is 301 g/mol. The molecule has 0 fully saturated rings. The van der Waals surface area contributed by atoms with Crippen LogP contribution in [0.1, 0.15) is 24.1 Å². The summed E-state index contributed by atoms with van der Waals surface area (Å²) in [6.45, 7) is 1.91. The summed E-state index contributed by atoms with van der Waals surface area (Å²) in [6, 6.07) is 1.40. The van der Waals surface area contributed by atoms with E-state index in [4.69, 9.17) is 20.3 Å². The van der Waals surface area contributed by atoms with Gasteiger partial charge in [-0.15, -0.1) is 0 Å². The molecule has 3 N–H and O–H groups in total. The minimum Gasteiger partial charge on any atom is -0.493 e. The Morgan fingerprint density at radius 3 is 3.00 bits per heavy atom. The highest BCUT2D eigenvalue weighted by Crippen LogP contribution is 2.45. The summed E-state index contributed by atoms with van der Waals surface area (Å²) in [6.07, 6.45) is 0.953. The van der Waals surface area contributed by atoms with E-state index in [-0.39, 0.29) is 12.7 Å². The van der Waals surface area contributed by atoms with E-state index in [1.807, 2.05) is 13.0 Å². The van der Waals surface area contributed by atoms with Gasteiger partial charge in [0.05, 0.1) is 19.8 Å². The van der Waals surface area contributed by atoms with Crippen LogP contribution in [0.15, 0.2) is 10.5 Å².